The Balaban J connectivity index is 0.00000132. The number of methoxy groups -OCH3 is 2. The number of hydrogen-bond acceptors (Lipinski definition) is 22. The standard InChI is InChI=1S/C24H31FN7O4P.C20H19F2N4O4P.C5H14N2.CH2O3.2K.H/c1-30(2)11-12-31(3)19-14-21(36-4)18(13-20(19)32(33)34)28-24-26-15-16(25)23(29-24)27-17-9-7-8-10-22(17)37(5,6)35;1-30-17-10-13(21)16(26(27)28)8-12(17)9-19-23-11-14(22)20(25-19)24-15-6-4-5-7-18(15)31(2,3)29;1-6-4-5-7(2)3;2-1-4-3;;;/h7-10,13-15H,11-12H2,1-6H3,(H2,26,27,28,29);4-8,10-11H,9H2,1-3H3,(H,23,24,25);6H,4-5H2,1-3H3;1,3H;;;/q;;;;2*+1;-1/p-1. The predicted molar refractivity (Wildman–Crippen MR) is 300 cm³/mol. The Morgan fingerprint density at radius 1 is 0.667 bits per heavy atom. The van der Waals surface area contributed by atoms with Gasteiger partial charge in [0.2, 0.25) is 11.8 Å². The van der Waals surface area contributed by atoms with E-state index < -0.39 is 47.3 Å². The van der Waals surface area contributed by atoms with Crippen molar-refractivity contribution in [2.45, 2.75) is 6.42 Å². The summed E-state index contributed by atoms with van der Waals surface area (Å²) in [7, 11) is 9.14. The normalized spacial score (nSPS) is 10.6. The molecule has 6 aromatic rings. The Kier molecular flexibility index (Phi) is 33.3. The number of nitro groups is 2. The van der Waals surface area contributed by atoms with Crippen LogP contribution in [-0.2, 0) is 25.2 Å². The van der Waals surface area contributed by atoms with E-state index in [1.807, 2.05) is 26.0 Å². The number of likely N-dealkylation sites (N-methyl/N-ethyl adjacent to an activating group) is 4. The van der Waals surface area contributed by atoms with Crippen molar-refractivity contribution in [3.63, 3.8) is 0 Å². The molecule has 0 saturated heterocycles. The topological polar surface area (TPSA) is 298 Å². The van der Waals surface area contributed by atoms with E-state index in [0.29, 0.717) is 46.5 Å². The molecule has 6 rings (SSSR count). The molecule has 0 aliphatic heterocycles. The number of nitrogens with zero attached hydrogens (tertiary/aromatic N) is 9. The number of nitrogens with one attached hydrogen (secondary N) is 4. The first-order chi connectivity index (χ1) is 37.2. The molecule has 430 valence electrons. The molecule has 0 aliphatic carbocycles. The molecule has 31 heteroatoms. The maximum absolute atomic E-state index is 14.6. The van der Waals surface area contributed by atoms with Crippen LogP contribution in [-0.4, -0.2) is 155 Å². The summed E-state index contributed by atoms with van der Waals surface area (Å²) in [6.07, 6.45) is 1.86. The Morgan fingerprint density at radius 2 is 1.16 bits per heavy atom. The summed E-state index contributed by atoms with van der Waals surface area (Å²) < 4.78 is 78.6. The first kappa shape index (κ1) is 74.5. The molecule has 0 atom stereocenters. The summed E-state index contributed by atoms with van der Waals surface area (Å²) >= 11 is 0. The van der Waals surface area contributed by atoms with E-state index in [9.17, 15) is 42.5 Å². The molecule has 24 nitrogen and oxygen atoms in total. The Hall–Kier alpha value is -4.53. The van der Waals surface area contributed by atoms with Crippen molar-refractivity contribution in [2.24, 2.45) is 0 Å². The molecular weight excluding hydrogens is 1160 g/mol. The molecule has 0 spiro atoms. The number of nitro benzene ring substituents is 2. The zero-order chi connectivity index (χ0) is 59.2. The molecular formula is C50H66F3K2N13O11P2. The third-order valence-electron chi connectivity index (χ3n) is 10.8. The van der Waals surface area contributed by atoms with E-state index in [1.54, 1.807) is 93.2 Å². The predicted octanol–water partition coefficient (Wildman–Crippen LogP) is 0.842. The molecule has 81 heavy (non-hydrogen) atoms. The molecule has 0 radical (unpaired) electrons. The van der Waals surface area contributed by atoms with Crippen LogP contribution in [0.5, 0.6) is 11.5 Å². The van der Waals surface area contributed by atoms with Crippen LogP contribution in [0.4, 0.5) is 64.9 Å². The molecule has 0 amide bonds. The number of aromatic nitrogens is 4. The number of anilines is 7. The van der Waals surface area contributed by atoms with Crippen molar-refractivity contribution >= 4 is 83.1 Å². The van der Waals surface area contributed by atoms with Crippen molar-refractivity contribution in [3.8, 4) is 11.5 Å². The largest absolute Gasteiger partial charge is 1.00 e. The van der Waals surface area contributed by atoms with Gasteiger partial charge in [-0.15, -0.1) is 0 Å². The molecule has 2 heterocycles. The van der Waals surface area contributed by atoms with Gasteiger partial charge in [0.15, 0.2) is 23.3 Å². The van der Waals surface area contributed by atoms with Crippen molar-refractivity contribution in [2.75, 3.05) is 130 Å². The van der Waals surface area contributed by atoms with Gasteiger partial charge in [0, 0.05) is 80.1 Å². The number of benzene rings is 4. The second-order valence-electron chi connectivity index (χ2n) is 18.2. The third-order valence-corrected chi connectivity index (χ3v) is 13.9. The maximum atomic E-state index is 14.6. The molecule has 4 aromatic carbocycles. The van der Waals surface area contributed by atoms with Crippen LogP contribution >= 0.6 is 14.3 Å². The van der Waals surface area contributed by atoms with Gasteiger partial charge in [-0.1, -0.05) is 24.3 Å². The van der Waals surface area contributed by atoms with Crippen LogP contribution < -0.4 is 154 Å². The molecule has 4 N–H and O–H groups in total. The number of rotatable bonds is 22. The van der Waals surface area contributed by atoms with E-state index in [4.69, 9.17) is 19.5 Å². The van der Waals surface area contributed by atoms with E-state index in [2.05, 4.69) is 65.1 Å². The first-order valence-electron chi connectivity index (χ1n) is 23.6. The second kappa shape index (κ2) is 36.2. The number of para-hydroxylation sites is 2. The van der Waals surface area contributed by atoms with Crippen LogP contribution in [0, 0.1) is 37.7 Å². The minimum atomic E-state index is -2.65. The summed E-state index contributed by atoms with van der Waals surface area (Å²) in [6, 6.07) is 18.5. The number of carbonyl (C=O) groups excluding carboxylic acids is 1. The van der Waals surface area contributed by atoms with Gasteiger partial charge in [0.25, 0.3) is 12.2 Å². The van der Waals surface area contributed by atoms with Crippen LogP contribution in [0.2, 0.25) is 0 Å². The first-order valence-corrected chi connectivity index (χ1v) is 28.8. The Labute approximate surface area is 555 Å². The smallest absolute Gasteiger partial charge is 1.00 e. The minimum Gasteiger partial charge on any atom is -1.00 e. The zero-order valence-electron chi connectivity index (χ0n) is 48.7. The summed E-state index contributed by atoms with van der Waals surface area (Å²) in [5, 5.41) is 44.1. The van der Waals surface area contributed by atoms with Crippen molar-refractivity contribution < 1.29 is 161 Å². The quantitative estimate of drug-likeness (QED) is 0.0183. The van der Waals surface area contributed by atoms with Gasteiger partial charge in [-0.05, 0) is 86.2 Å². The fraction of sp³-hybridized carbons (Fsp3) is 0.340. The fourth-order valence-corrected chi connectivity index (χ4v) is 9.18. The van der Waals surface area contributed by atoms with Crippen molar-refractivity contribution in [1.29, 1.82) is 0 Å². The average molecular weight is 1220 g/mol. The third kappa shape index (κ3) is 24.3. The molecule has 2 aromatic heterocycles. The summed E-state index contributed by atoms with van der Waals surface area (Å²) in [5.74, 6) is -2.29. The number of hydrogen-bond donors (Lipinski definition) is 4. The van der Waals surface area contributed by atoms with Crippen molar-refractivity contribution in [1.82, 2.24) is 35.1 Å². The van der Waals surface area contributed by atoms with Gasteiger partial charge in [-0.25, -0.2) is 23.7 Å². The van der Waals surface area contributed by atoms with Crippen LogP contribution in [0.1, 0.15) is 12.8 Å². The monoisotopic (exact) mass is 1220 g/mol. The van der Waals surface area contributed by atoms with E-state index >= 15 is 0 Å². The molecule has 0 saturated carbocycles. The van der Waals surface area contributed by atoms with Gasteiger partial charge < -0.3 is 66.1 Å². The number of ether oxygens (including phenoxy) is 2. The average Bonchev–Trinajstić information content (AvgIpc) is 3.44. The van der Waals surface area contributed by atoms with Crippen LogP contribution in [0.25, 0.3) is 0 Å². The van der Waals surface area contributed by atoms with Gasteiger partial charge >= 0.3 is 108 Å². The second-order valence-corrected chi connectivity index (χ2v) is 24.5. The molecule has 0 fully saturated rings. The Morgan fingerprint density at radius 3 is 1.60 bits per heavy atom. The number of halogens is 3. The molecule has 0 bridgehead atoms. The van der Waals surface area contributed by atoms with E-state index in [1.165, 1.54) is 20.3 Å². The molecule has 0 aliphatic rings. The minimum absolute atomic E-state index is 0. The van der Waals surface area contributed by atoms with E-state index in [-0.39, 0.29) is 163 Å². The molecule has 0 unspecified atom stereocenters. The van der Waals surface area contributed by atoms with Crippen molar-refractivity contribution in [3.05, 3.63) is 134 Å². The van der Waals surface area contributed by atoms with E-state index in [0.717, 1.165) is 37.6 Å². The van der Waals surface area contributed by atoms with Gasteiger partial charge in [0.05, 0.1) is 53.5 Å². The van der Waals surface area contributed by atoms with Crippen LogP contribution in [0.3, 0.4) is 0 Å². The van der Waals surface area contributed by atoms with Crippen LogP contribution in [0.15, 0.2) is 85.2 Å². The van der Waals surface area contributed by atoms with Gasteiger partial charge in [-0.2, -0.15) is 9.37 Å². The summed E-state index contributed by atoms with van der Waals surface area (Å²) in [6.45, 7) is 9.72. The maximum Gasteiger partial charge on any atom is 1.00 e. The zero-order valence-corrected chi connectivity index (χ0v) is 55.8. The van der Waals surface area contributed by atoms with Gasteiger partial charge in [-0.3, -0.25) is 25.0 Å². The number of carbonyl (C=O) groups is 1. The summed E-state index contributed by atoms with van der Waals surface area (Å²) in [5.41, 5.74) is 0.931. The van der Waals surface area contributed by atoms with Gasteiger partial charge in [0.1, 0.15) is 37.3 Å². The fourth-order valence-electron chi connectivity index (χ4n) is 6.87. The summed E-state index contributed by atoms with van der Waals surface area (Å²) in [4.78, 5) is 55.0. The SMILES string of the molecule is CNCCN(C)C.COc1cc(F)c([N+](=O)[O-])cc1Cc1ncc(F)c(Nc2ccccc2P(C)(C)=O)n1.COc1cc(N(C)CCN(C)C)c([N+](=O)[O-])cc1Nc1ncc(F)c(Nc2ccccc2P(C)(C)=O)n1.O=CO[O-].[H-].[K+].[K+]. The Bertz CT molecular complexity index is 3140.